The average Bonchev–Trinajstić information content (AvgIpc) is 3.49. The first kappa shape index (κ1) is 35.0. The Morgan fingerprint density at radius 3 is 2.32 bits per heavy atom. The van der Waals surface area contributed by atoms with Crippen LogP contribution in [0.25, 0.3) is 10.9 Å². The number of halogens is 2. The Morgan fingerprint density at radius 1 is 0.940 bits per heavy atom. The van der Waals surface area contributed by atoms with E-state index in [-0.39, 0.29) is 10.7 Å². The van der Waals surface area contributed by atoms with Crippen LogP contribution in [0.4, 0.5) is 26.0 Å². The molecular weight excluding hydrogens is 663 g/mol. The van der Waals surface area contributed by atoms with Gasteiger partial charge in [-0.1, -0.05) is 30.3 Å². The van der Waals surface area contributed by atoms with Gasteiger partial charge in [-0.05, 0) is 75.0 Å². The van der Waals surface area contributed by atoms with Crippen molar-refractivity contribution in [2.75, 3.05) is 62.1 Å². The summed E-state index contributed by atoms with van der Waals surface area (Å²) in [4.78, 5) is 20.3. The molecule has 4 aromatic carbocycles. The number of amides is 1. The molecule has 1 aliphatic rings. The van der Waals surface area contributed by atoms with Crippen LogP contribution in [-0.4, -0.2) is 81.9 Å². The number of hydrogen-bond donors (Lipinski definition) is 2. The van der Waals surface area contributed by atoms with Crippen molar-refractivity contribution in [3.05, 3.63) is 108 Å². The van der Waals surface area contributed by atoms with E-state index >= 15 is 0 Å². The number of hydrogen-bond acceptors (Lipinski definition) is 8. The molecule has 1 aliphatic heterocycles. The number of rotatable bonds is 11. The number of methoxy groups -OCH3 is 1. The summed E-state index contributed by atoms with van der Waals surface area (Å²) in [5.74, 6) is -2.37. The van der Waals surface area contributed by atoms with Gasteiger partial charge in [0.1, 0.15) is 11.6 Å². The topological polar surface area (TPSA) is 111 Å². The van der Waals surface area contributed by atoms with Crippen LogP contribution in [0.5, 0.6) is 0 Å². The highest BCUT2D eigenvalue weighted by molar-refractivity contribution is 7.91. The van der Waals surface area contributed by atoms with Crippen molar-refractivity contribution >= 4 is 43.8 Å². The third kappa shape index (κ3) is 7.35. The van der Waals surface area contributed by atoms with Gasteiger partial charge < -0.3 is 24.8 Å². The number of ether oxygens (including phenoxy) is 1. The number of nitrogens with one attached hydrogen (secondary N) is 2. The van der Waals surface area contributed by atoms with Crippen molar-refractivity contribution < 1.29 is 26.7 Å². The summed E-state index contributed by atoms with van der Waals surface area (Å²) in [6.07, 6.45) is 0. The van der Waals surface area contributed by atoms with Gasteiger partial charge in [-0.15, -0.1) is 0 Å². The minimum atomic E-state index is -4.30. The third-order valence-corrected chi connectivity index (χ3v) is 10.8. The van der Waals surface area contributed by atoms with Crippen LogP contribution in [0, 0.1) is 11.6 Å². The van der Waals surface area contributed by atoms with E-state index in [4.69, 9.17) is 4.74 Å². The van der Waals surface area contributed by atoms with Gasteiger partial charge >= 0.3 is 0 Å². The normalized spacial score (nSPS) is 14.2. The van der Waals surface area contributed by atoms with Crippen molar-refractivity contribution in [2.24, 2.45) is 0 Å². The summed E-state index contributed by atoms with van der Waals surface area (Å²) in [6, 6.07) is 22.1. The number of anilines is 3. The highest BCUT2D eigenvalue weighted by Crippen LogP contribution is 2.35. The molecule has 1 aromatic heterocycles. The SMILES string of the molecule is COCC(C)(C)N(Cc1ccccc1)c1cc(N2CCN(C)CC2)ccc1C(=O)Nc1n[nH]c2ccc(S(=O)(=O)c3cc(F)cc(F)c3)cc12. The molecule has 1 fully saturated rings. The number of likely N-dealkylation sites (N-methyl/N-ethyl adjacent to an activating group) is 1. The molecule has 0 bridgehead atoms. The van der Waals surface area contributed by atoms with E-state index in [2.05, 4.69) is 51.1 Å². The molecule has 5 aromatic rings. The molecule has 10 nitrogen and oxygen atoms in total. The van der Waals surface area contributed by atoms with Crippen LogP contribution < -0.4 is 15.1 Å². The molecule has 1 saturated heterocycles. The van der Waals surface area contributed by atoms with Gasteiger partial charge in [0.2, 0.25) is 9.84 Å². The van der Waals surface area contributed by atoms with Crippen molar-refractivity contribution in [1.29, 1.82) is 0 Å². The number of benzene rings is 4. The largest absolute Gasteiger partial charge is 0.382 e. The molecule has 0 spiro atoms. The minimum Gasteiger partial charge on any atom is -0.382 e. The fourth-order valence-electron chi connectivity index (χ4n) is 6.27. The Bertz CT molecular complexity index is 2100. The van der Waals surface area contributed by atoms with E-state index < -0.39 is 37.8 Å². The second-order valence-corrected chi connectivity index (χ2v) is 15.1. The van der Waals surface area contributed by atoms with Crippen LogP contribution in [0.1, 0.15) is 29.8 Å². The summed E-state index contributed by atoms with van der Waals surface area (Å²) in [7, 11) is -0.548. The molecule has 2 N–H and O–H groups in total. The smallest absolute Gasteiger partial charge is 0.258 e. The van der Waals surface area contributed by atoms with Gasteiger partial charge in [0.05, 0.1) is 38.7 Å². The maximum atomic E-state index is 14.3. The Balaban J connectivity index is 1.40. The number of aromatic nitrogens is 2. The fraction of sp³-hybridized carbons (Fsp3) is 0.297. The van der Waals surface area contributed by atoms with E-state index in [0.29, 0.717) is 41.4 Å². The molecule has 6 rings (SSSR count). The Hall–Kier alpha value is -4.85. The zero-order valence-electron chi connectivity index (χ0n) is 28.4. The number of sulfone groups is 1. The van der Waals surface area contributed by atoms with Gasteiger partial charge in [-0.25, -0.2) is 17.2 Å². The van der Waals surface area contributed by atoms with Crippen molar-refractivity contribution in [3.63, 3.8) is 0 Å². The maximum Gasteiger partial charge on any atom is 0.258 e. The highest BCUT2D eigenvalue weighted by Gasteiger charge is 2.32. The Labute approximate surface area is 290 Å². The molecule has 0 unspecified atom stereocenters. The third-order valence-electron chi connectivity index (χ3n) is 9.02. The van der Waals surface area contributed by atoms with Crippen LogP contribution in [0.3, 0.4) is 0 Å². The van der Waals surface area contributed by atoms with Crippen molar-refractivity contribution in [2.45, 2.75) is 35.7 Å². The number of aromatic amines is 1. The molecule has 13 heteroatoms. The quantitative estimate of drug-likeness (QED) is 0.170. The molecule has 50 heavy (non-hydrogen) atoms. The van der Waals surface area contributed by atoms with E-state index in [1.165, 1.54) is 18.2 Å². The highest BCUT2D eigenvalue weighted by atomic mass is 32.2. The van der Waals surface area contributed by atoms with Gasteiger partial charge in [0.15, 0.2) is 5.82 Å². The number of piperazine rings is 1. The number of fused-ring (bicyclic) bond motifs is 1. The first-order valence-electron chi connectivity index (χ1n) is 16.2. The van der Waals surface area contributed by atoms with Crippen LogP contribution in [0.15, 0.2) is 94.7 Å². The molecule has 0 atom stereocenters. The van der Waals surface area contributed by atoms with Gasteiger partial charge in [0.25, 0.3) is 5.91 Å². The molecule has 2 heterocycles. The maximum absolute atomic E-state index is 14.3. The second-order valence-electron chi connectivity index (χ2n) is 13.2. The van der Waals surface area contributed by atoms with Gasteiger partial charge in [-0.2, -0.15) is 5.10 Å². The lowest BCUT2D eigenvalue weighted by Crippen LogP contribution is -2.48. The van der Waals surface area contributed by atoms with Crippen LogP contribution in [0.2, 0.25) is 0 Å². The number of nitrogens with zero attached hydrogens (tertiary/aromatic N) is 4. The number of carbonyl (C=O) groups is 1. The summed E-state index contributed by atoms with van der Waals surface area (Å²) < 4.78 is 60.3. The fourth-order valence-corrected chi connectivity index (χ4v) is 7.60. The van der Waals surface area contributed by atoms with E-state index in [1.807, 2.05) is 48.5 Å². The standard InChI is InChI=1S/C37H40F2N6O4S/c1-37(2,24-49-4)45(23-25-8-6-5-7-9-25)34-21-28(44-16-14-43(3)15-17-44)10-12-31(34)36(46)40-35-32-22-29(11-13-33(32)41-42-35)50(47,48)30-19-26(38)18-27(39)20-30/h5-13,18-22H,14-17,23-24H2,1-4H3,(H2,40,41,42,46). The minimum absolute atomic E-state index is 0.104. The zero-order chi connectivity index (χ0) is 35.6. The van der Waals surface area contributed by atoms with Gasteiger partial charge in [0, 0.05) is 57.0 Å². The predicted molar refractivity (Wildman–Crippen MR) is 191 cm³/mol. The van der Waals surface area contributed by atoms with E-state index in [0.717, 1.165) is 49.6 Å². The molecule has 262 valence electrons. The number of H-pyrrole nitrogens is 1. The van der Waals surface area contributed by atoms with Crippen molar-refractivity contribution in [3.8, 4) is 0 Å². The second kappa shape index (κ2) is 14.2. The summed E-state index contributed by atoms with van der Waals surface area (Å²) in [6.45, 7) is 8.53. The molecular formula is C37H40F2N6O4S. The molecule has 0 saturated carbocycles. The summed E-state index contributed by atoms with van der Waals surface area (Å²) >= 11 is 0. The van der Waals surface area contributed by atoms with Crippen molar-refractivity contribution in [1.82, 2.24) is 15.1 Å². The van der Waals surface area contributed by atoms with Crippen LogP contribution >= 0.6 is 0 Å². The zero-order valence-corrected chi connectivity index (χ0v) is 29.2. The van der Waals surface area contributed by atoms with Gasteiger partial charge in [-0.3, -0.25) is 9.89 Å². The first-order chi connectivity index (χ1) is 23.9. The molecule has 0 aliphatic carbocycles. The predicted octanol–water partition coefficient (Wildman–Crippen LogP) is 6.11. The number of carbonyl (C=O) groups excluding carboxylic acids is 1. The lowest BCUT2D eigenvalue weighted by atomic mass is 9.98. The lowest BCUT2D eigenvalue weighted by molar-refractivity contribution is 0.102. The molecule has 1 amide bonds. The van der Waals surface area contributed by atoms with E-state index in [1.54, 1.807) is 7.11 Å². The first-order valence-corrected chi connectivity index (χ1v) is 17.7. The summed E-state index contributed by atoms with van der Waals surface area (Å²) in [5, 5.41) is 10.3. The van der Waals surface area contributed by atoms with Crippen LogP contribution in [-0.2, 0) is 21.1 Å². The monoisotopic (exact) mass is 702 g/mol. The molecule has 0 radical (unpaired) electrons. The lowest BCUT2D eigenvalue weighted by Gasteiger charge is -2.42. The Kier molecular flexibility index (Phi) is 9.92. The van der Waals surface area contributed by atoms with E-state index in [9.17, 15) is 22.0 Å². The average molecular weight is 703 g/mol. The summed E-state index contributed by atoms with van der Waals surface area (Å²) in [5.41, 5.74) is 3.04. The Morgan fingerprint density at radius 2 is 1.64 bits per heavy atom.